The lowest BCUT2D eigenvalue weighted by atomic mass is 9.44. The van der Waals surface area contributed by atoms with E-state index in [9.17, 15) is 22.7 Å². The molecule has 6 rings (SSSR count). The molecular formula is C30H39F4NOS. The summed E-state index contributed by atoms with van der Waals surface area (Å²) in [4.78, 5) is 4.15. The van der Waals surface area contributed by atoms with Gasteiger partial charge in [0.25, 0.3) is 0 Å². The summed E-state index contributed by atoms with van der Waals surface area (Å²) in [6.45, 7) is 7.26. The second kappa shape index (κ2) is 9.18. The van der Waals surface area contributed by atoms with E-state index < -0.39 is 28.8 Å². The first-order chi connectivity index (χ1) is 17.6. The third-order valence-corrected chi connectivity index (χ3v) is 12.9. The highest BCUT2D eigenvalue weighted by Crippen LogP contribution is 2.68. The molecule has 7 heteroatoms. The maximum atomic E-state index is 14.2. The van der Waals surface area contributed by atoms with Crippen molar-refractivity contribution in [2.24, 2.45) is 46.3 Å². The van der Waals surface area contributed by atoms with Crippen LogP contribution < -0.4 is 0 Å². The molecule has 0 spiro atoms. The number of hydrogen-bond acceptors (Lipinski definition) is 3. The summed E-state index contributed by atoms with van der Waals surface area (Å²) >= 11 is 0.927. The van der Waals surface area contributed by atoms with Crippen molar-refractivity contribution < 1.29 is 22.7 Å². The molecule has 37 heavy (non-hydrogen) atoms. The van der Waals surface area contributed by atoms with Crippen molar-refractivity contribution in [3.8, 4) is 0 Å². The van der Waals surface area contributed by atoms with Crippen LogP contribution in [-0.4, -0.2) is 16.2 Å². The zero-order chi connectivity index (χ0) is 26.3. The van der Waals surface area contributed by atoms with Gasteiger partial charge in [-0.05, 0) is 104 Å². The largest absolute Gasteiger partial charge is 0.393 e. The van der Waals surface area contributed by atoms with Gasteiger partial charge in [-0.2, -0.15) is 0 Å². The predicted molar refractivity (Wildman–Crippen MR) is 138 cm³/mol. The molecule has 0 aliphatic heterocycles. The summed E-state index contributed by atoms with van der Waals surface area (Å²) in [6, 6.07) is 0. The van der Waals surface area contributed by atoms with Crippen LogP contribution in [0.15, 0.2) is 0 Å². The van der Waals surface area contributed by atoms with Crippen molar-refractivity contribution >= 4 is 21.6 Å². The van der Waals surface area contributed by atoms with E-state index in [2.05, 4.69) is 25.8 Å². The fourth-order valence-corrected chi connectivity index (χ4v) is 11.0. The van der Waals surface area contributed by atoms with Crippen molar-refractivity contribution in [2.75, 3.05) is 0 Å². The van der Waals surface area contributed by atoms with Crippen LogP contribution in [-0.2, 0) is 6.42 Å². The zero-order valence-electron chi connectivity index (χ0n) is 22.1. The van der Waals surface area contributed by atoms with Crippen molar-refractivity contribution in [1.29, 1.82) is 0 Å². The molecule has 1 aromatic carbocycles. The molecule has 0 radical (unpaired) electrons. The van der Waals surface area contributed by atoms with Gasteiger partial charge < -0.3 is 5.11 Å². The number of halogens is 4. The Morgan fingerprint density at radius 1 is 0.919 bits per heavy atom. The van der Waals surface area contributed by atoms with Crippen LogP contribution in [0.3, 0.4) is 0 Å². The van der Waals surface area contributed by atoms with Gasteiger partial charge in [0.05, 0.1) is 15.8 Å². The Balaban J connectivity index is 1.19. The Labute approximate surface area is 221 Å². The summed E-state index contributed by atoms with van der Waals surface area (Å²) in [5.74, 6) is -3.17. The molecule has 4 saturated carbocycles. The quantitative estimate of drug-likeness (QED) is 0.241. The van der Waals surface area contributed by atoms with Gasteiger partial charge in [0.1, 0.15) is 5.52 Å². The van der Waals surface area contributed by atoms with Gasteiger partial charge in [0.15, 0.2) is 23.3 Å². The predicted octanol–water partition coefficient (Wildman–Crippen LogP) is 8.44. The first-order valence-electron chi connectivity index (χ1n) is 14.4. The molecule has 204 valence electrons. The Morgan fingerprint density at radius 3 is 2.43 bits per heavy atom. The van der Waals surface area contributed by atoms with Gasteiger partial charge in [-0.15, -0.1) is 11.3 Å². The summed E-state index contributed by atoms with van der Waals surface area (Å²) in [6.07, 6.45) is 12.1. The molecule has 1 heterocycles. The molecule has 0 saturated heterocycles. The van der Waals surface area contributed by atoms with Gasteiger partial charge in [0, 0.05) is 0 Å². The number of aromatic nitrogens is 1. The number of aryl methyl sites for hydroxylation is 1. The summed E-state index contributed by atoms with van der Waals surface area (Å²) in [5, 5.41) is 11.9. The van der Waals surface area contributed by atoms with Crippen LogP contribution in [0.1, 0.15) is 90.0 Å². The molecule has 4 fully saturated rings. The van der Waals surface area contributed by atoms with Crippen LogP contribution in [0.5, 0.6) is 0 Å². The summed E-state index contributed by atoms with van der Waals surface area (Å²) in [5.41, 5.74) is 0.164. The SMILES string of the molecule is CC(CCc1nc2c(F)c(F)c(F)c(F)c2s1)C1CCC2C3C(O)CC4CCCCC4(C)C3CCC12C. The Kier molecular flexibility index (Phi) is 6.46. The number of rotatable bonds is 4. The average Bonchev–Trinajstić information content (AvgIpc) is 3.46. The molecule has 9 atom stereocenters. The number of aliphatic hydroxyl groups is 1. The number of aliphatic hydroxyl groups excluding tert-OH is 1. The minimum Gasteiger partial charge on any atom is -0.393 e. The van der Waals surface area contributed by atoms with Crippen molar-refractivity contribution in [3.63, 3.8) is 0 Å². The Bertz CT molecular complexity index is 1160. The lowest BCUT2D eigenvalue weighted by molar-refractivity contribution is -0.164. The lowest BCUT2D eigenvalue weighted by Gasteiger charge is -2.62. The topological polar surface area (TPSA) is 33.1 Å². The fraction of sp³-hybridized carbons (Fsp3) is 0.767. The van der Waals surface area contributed by atoms with E-state index in [0.29, 0.717) is 52.4 Å². The van der Waals surface area contributed by atoms with E-state index >= 15 is 0 Å². The van der Waals surface area contributed by atoms with Gasteiger partial charge >= 0.3 is 0 Å². The van der Waals surface area contributed by atoms with E-state index in [1.54, 1.807) is 0 Å². The van der Waals surface area contributed by atoms with Crippen LogP contribution in [0.25, 0.3) is 10.2 Å². The zero-order valence-corrected chi connectivity index (χ0v) is 23.0. The van der Waals surface area contributed by atoms with Gasteiger partial charge in [-0.3, -0.25) is 0 Å². The van der Waals surface area contributed by atoms with Gasteiger partial charge in [-0.25, -0.2) is 22.5 Å². The van der Waals surface area contributed by atoms with Crippen LogP contribution >= 0.6 is 11.3 Å². The van der Waals surface area contributed by atoms with E-state index in [0.717, 1.165) is 30.6 Å². The molecule has 9 unspecified atom stereocenters. The molecule has 0 bridgehead atoms. The fourth-order valence-electron chi connectivity index (χ4n) is 9.95. The van der Waals surface area contributed by atoms with E-state index in [1.165, 1.54) is 44.9 Å². The van der Waals surface area contributed by atoms with Crippen molar-refractivity contribution in [2.45, 2.75) is 97.5 Å². The average molecular weight is 538 g/mol. The summed E-state index contributed by atoms with van der Waals surface area (Å²) in [7, 11) is 0. The minimum atomic E-state index is -1.80. The van der Waals surface area contributed by atoms with E-state index in [1.807, 2.05) is 0 Å². The standard InChI is InChI=1S/C30H39F4NOS/c1-15(7-10-21-35-27-25(33)23(31)24(32)26(34)28(27)37-21)17-8-9-18-22-19(11-13-30(17,18)3)29(2)12-5-4-6-16(29)14-20(22)36/h15-20,22,36H,4-14H2,1-3H3. The molecule has 1 N–H and O–H groups in total. The summed E-state index contributed by atoms with van der Waals surface area (Å²) < 4.78 is 55.5. The van der Waals surface area contributed by atoms with Crippen molar-refractivity contribution in [1.82, 2.24) is 4.98 Å². The lowest BCUT2D eigenvalue weighted by Crippen LogP contribution is -2.57. The van der Waals surface area contributed by atoms with Gasteiger partial charge in [0.2, 0.25) is 0 Å². The molecule has 4 aliphatic rings. The Hall–Kier alpha value is -1.21. The number of fused-ring (bicyclic) bond motifs is 6. The third kappa shape index (κ3) is 3.83. The van der Waals surface area contributed by atoms with Crippen LogP contribution in [0, 0.1) is 69.6 Å². The smallest absolute Gasteiger partial charge is 0.199 e. The molecule has 4 aliphatic carbocycles. The maximum Gasteiger partial charge on any atom is 0.199 e. The van der Waals surface area contributed by atoms with Gasteiger partial charge in [-0.1, -0.05) is 33.6 Å². The molecule has 1 aromatic heterocycles. The number of benzene rings is 1. The van der Waals surface area contributed by atoms with E-state index in [-0.39, 0.29) is 16.2 Å². The highest BCUT2D eigenvalue weighted by atomic mass is 32.1. The van der Waals surface area contributed by atoms with Crippen LogP contribution in [0.4, 0.5) is 17.6 Å². The van der Waals surface area contributed by atoms with Crippen molar-refractivity contribution in [3.05, 3.63) is 28.3 Å². The maximum absolute atomic E-state index is 14.2. The number of hydrogen-bond donors (Lipinski definition) is 1. The molecule has 2 nitrogen and oxygen atoms in total. The monoisotopic (exact) mass is 537 g/mol. The normalized spacial score (nSPS) is 40.3. The first-order valence-corrected chi connectivity index (χ1v) is 15.2. The molecular weight excluding hydrogens is 498 g/mol. The van der Waals surface area contributed by atoms with E-state index in [4.69, 9.17) is 0 Å². The number of thiazole rings is 1. The minimum absolute atomic E-state index is 0.187. The second-order valence-electron chi connectivity index (χ2n) is 13.3. The Morgan fingerprint density at radius 2 is 1.65 bits per heavy atom. The second-order valence-corrected chi connectivity index (χ2v) is 14.4. The third-order valence-electron chi connectivity index (χ3n) is 11.8. The first kappa shape index (κ1) is 26.0. The number of nitrogens with zero attached hydrogens (tertiary/aromatic N) is 1. The van der Waals surface area contributed by atoms with Crippen LogP contribution in [0.2, 0.25) is 0 Å². The highest BCUT2D eigenvalue weighted by Gasteiger charge is 2.62. The molecule has 2 aromatic rings. The molecule has 0 amide bonds. The highest BCUT2D eigenvalue weighted by molar-refractivity contribution is 7.18.